The maximum absolute atomic E-state index is 13.9. The molecule has 1 unspecified atom stereocenters. The topological polar surface area (TPSA) is 109 Å². The lowest BCUT2D eigenvalue weighted by atomic mass is 9.93. The van der Waals surface area contributed by atoms with Crippen molar-refractivity contribution in [2.75, 3.05) is 6.61 Å². The van der Waals surface area contributed by atoms with Gasteiger partial charge in [0, 0.05) is 19.2 Å². The Morgan fingerprint density at radius 3 is 2.59 bits per heavy atom. The number of rotatable bonds is 8. The number of benzene rings is 2. The molecule has 5 N–H and O–H groups in total. The summed E-state index contributed by atoms with van der Waals surface area (Å²) >= 11 is 0. The van der Waals surface area contributed by atoms with E-state index in [2.05, 4.69) is 4.98 Å². The molecule has 0 aliphatic heterocycles. The molecule has 0 amide bonds. The van der Waals surface area contributed by atoms with E-state index in [4.69, 9.17) is 20.7 Å². The Labute approximate surface area is 168 Å². The van der Waals surface area contributed by atoms with Gasteiger partial charge in [0.25, 0.3) is 0 Å². The summed E-state index contributed by atoms with van der Waals surface area (Å²) in [6, 6.07) is 14.1. The van der Waals surface area contributed by atoms with Crippen LogP contribution in [0.5, 0.6) is 5.75 Å². The molecule has 0 bridgehead atoms. The van der Waals surface area contributed by atoms with E-state index in [9.17, 15) is 9.50 Å². The van der Waals surface area contributed by atoms with Crippen molar-refractivity contribution in [3.05, 3.63) is 83.4 Å². The molecule has 29 heavy (non-hydrogen) atoms. The minimum atomic E-state index is -1.56. The van der Waals surface area contributed by atoms with Gasteiger partial charge in [-0.1, -0.05) is 24.3 Å². The SMILES string of the molecule is NCc1ccc(C(O)Cc2ccncc2F)cc1-c1cccc(OCC(O)O)c1. The molecule has 0 spiro atoms. The summed E-state index contributed by atoms with van der Waals surface area (Å²) < 4.78 is 19.2. The van der Waals surface area contributed by atoms with Crippen LogP contribution in [0.2, 0.25) is 0 Å². The molecule has 1 heterocycles. The van der Waals surface area contributed by atoms with Gasteiger partial charge in [-0.15, -0.1) is 0 Å². The fourth-order valence-electron chi connectivity index (χ4n) is 3.07. The molecule has 1 aromatic heterocycles. The molecule has 0 saturated carbocycles. The van der Waals surface area contributed by atoms with Gasteiger partial charge in [-0.2, -0.15) is 0 Å². The Morgan fingerprint density at radius 1 is 1.03 bits per heavy atom. The highest BCUT2D eigenvalue weighted by Gasteiger charge is 2.15. The standard InChI is InChI=1S/C22H23FN2O4/c23-20-12-25-7-6-15(20)10-21(26)16-4-5-17(11-24)19(9-16)14-2-1-3-18(8-14)29-13-22(27)28/h1-9,12,21-22,26-28H,10-11,13,24H2. The van der Waals surface area contributed by atoms with Gasteiger partial charge in [0.05, 0.1) is 12.3 Å². The van der Waals surface area contributed by atoms with Crippen LogP contribution in [0.25, 0.3) is 11.1 Å². The average Bonchev–Trinajstić information content (AvgIpc) is 2.73. The number of hydrogen-bond donors (Lipinski definition) is 4. The summed E-state index contributed by atoms with van der Waals surface area (Å²) in [5, 5.41) is 28.6. The highest BCUT2D eigenvalue weighted by atomic mass is 19.1. The van der Waals surface area contributed by atoms with E-state index in [1.165, 1.54) is 6.20 Å². The lowest BCUT2D eigenvalue weighted by Crippen LogP contribution is -2.15. The quantitative estimate of drug-likeness (QED) is 0.434. The van der Waals surface area contributed by atoms with E-state index < -0.39 is 18.2 Å². The molecule has 0 aliphatic rings. The normalized spacial score (nSPS) is 12.2. The van der Waals surface area contributed by atoms with Gasteiger partial charge in [-0.05, 0) is 52.1 Å². The van der Waals surface area contributed by atoms with E-state index in [1.54, 1.807) is 30.3 Å². The highest BCUT2D eigenvalue weighted by molar-refractivity contribution is 5.69. The van der Waals surface area contributed by atoms with E-state index >= 15 is 0 Å². The van der Waals surface area contributed by atoms with Crippen LogP contribution < -0.4 is 10.5 Å². The minimum Gasteiger partial charge on any atom is -0.488 e. The minimum absolute atomic E-state index is 0.118. The fraction of sp³-hybridized carbons (Fsp3) is 0.227. The van der Waals surface area contributed by atoms with Crippen LogP contribution in [0.4, 0.5) is 4.39 Å². The molecule has 0 radical (unpaired) electrons. The van der Waals surface area contributed by atoms with Crippen LogP contribution in [0, 0.1) is 5.82 Å². The number of aliphatic hydroxyl groups excluding tert-OH is 2. The molecule has 1 atom stereocenters. The second-order valence-electron chi connectivity index (χ2n) is 6.63. The summed E-state index contributed by atoms with van der Waals surface area (Å²) in [4.78, 5) is 3.72. The Morgan fingerprint density at radius 2 is 1.86 bits per heavy atom. The van der Waals surface area contributed by atoms with Crippen molar-refractivity contribution in [2.24, 2.45) is 5.73 Å². The van der Waals surface area contributed by atoms with Crippen molar-refractivity contribution in [1.29, 1.82) is 0 Å². The number of nitrogens with two attached hydrogens (primary N) is 1. The van der Waals surface area contributed by atoms with E-state index in [-0.39, 0.29) is 13.0 Å². The molecule has 0 saturated heterocycles. The summed E-state index contributed by atoms with van der Waals surface area (Å²) in [7, 11) is 0. The average molecular weight is 398 g/mol. The van der Waals surface area contributed by atoms with Gasteiger partial charge in [0.2, 0.25) is 0 Å². The van der Waals surface area contributed by atoms with Gasteiger partial charge < -0.3 is 25.8 Å². The van der Waals surface area contributed by atoms with Crippen LogP contribution in [0.15, 0.2) is 60.9 Å². The number of aromatic nitrogens is 1. The molecule has 6 nitrogen and oxygen atoms in total. The van der Waals surface area contributed by atoms with Crippen LogP contribution in [-0.4, -0.2) is 33.2 Å². The summed E-state index contributed by atoms with van der Waals surface area (Å²) in [6.45, 7) is 0.0502. The molecule has 2 aromatic carbocycles. The first-order valence-electron chi connectivity index (χ1n) is 9.16. The van der Waals surface area contributed by atoms with Crippen molar-refractivity contribution >= 4 is 0 Å². The molecule has 0 aliphatic carbocycles. The molecule has 0 fully saturated rings. The van der Waals surface area contributed by atoms with E-state index in [0.29, 0.717) is 23.4 Å². The van der Waals surface area contributed by atoms with Gasteiger partial charge in [0.1, 0.15) is 18.2 Å². The Kier molecular flexibility index (Phi) is 6.90. The molecule has 152 valence electrons. The Bertz CT molecular complexity index is 965. The highest BCUT2D eigenvalue weighted by Crippen LogP contribution is 2.31. The lowest BCUT2D eigenvalue weighted by molar-refractivity contribution is -0.0680. The predicted molar refractivity (Wildman–Crippen MR) is 106 cm³/mol. The smallest absolute Gasteiger partial charge is 0.186 e. The van der Waals surface area contributed by atoms with Crippen LogP contribution in [0.1, 0.15) is 22.8 Å². The molecular formula is C22H23FN2O4. The van der Waals surface area contributed by atoms with Crippen molar-refractivity contribution in [3.63, 3.8) is 0 Å². The van der Waals surface area contributed by atoms with Gasteiger partial charge in [0.15, 0.2) is 6.29 Å². The summed E-state index contributed by atoms with van der Waals surface area (Å²) in [5.74, 6) is 0.0182. The fourth-order valence-corrected chi connectivity index (χ4v) is 3.07. The maximum atomic E-state index is 13.9. The third-order valence-electron chi connectivity index (χ3n) is 4.55. The molecule has 3 rings (SSSR count). The van der Waals surface area contributed by atoms with E-state index in [0.717, 1.165) is 22.9 Å². The van der Waals surface area contributed by atoms with Gasteiger partial charge in [-0.3, -0.25) is 4.98 Å². The third kappa shape index (κ3) is 5.36. The van der Waals surface area contributed by atoms with Crippen LogP contribution >= 0.6 is 0 Å². The summed E-state index contributed by atoms with van der Waals surface area (Å²) in [5.41, 5.74) is 9.38. The van der Waals surface area contributed by atoms with E-state index in [1.807, 2.05) is 18.2 Å². The zero-order chi connectivity index (χ0) is 20.8. The zero-order valence-corrected chi connectivity index (χ0v) is 15.7. The number of nitrogens with zero attached hydrogens (tertiary/aromatic N) is 1. The zero-order valence-electron chi connectivity index (χ0n) is 15.7. The second-order valence-corrected chi connectivity index (χ2v) is 6.63. The first-order chi connectivity index (χ1) is 14.0. The van der Waals surface area contributed by atoms with Crippen molar-refractivity contribution in [2.45, 2.75) is 25.4 Å². The first kappa shape index (κ1) is 20.9. The molecular weight excluding hydrogens is 375 g/mol. The monoisotopic (exact) mass is 398 g/mol. The largest absolute Gasteiger partial charge is 0.488 e. The van der Waals surface area contributed by atoms with Gasteiger partial charge in [-0.25, -0.2) is 4.39 Å². The molecule has 7 heteroatoms. The maximum Gasteiger partial charge on any atom is 0.186 e. The van der Waals surface area contributed by atoms with Crippen molar-refractivity contribution in [1.82, 2.24) is 4.98 Å². The molecule has 3 aromatic rings. The first-order valence-corrected chi connectivity index (χ1v) is 9.16. The third-order valence-corrected chi connectivity index (χ3v) is 4.55. The number of aliphatic hydroxyl groups is 3. The van der Waals surface area contributed by atoms with Crippen LogP contribution in [0.3, 0.4) is 0 Å². The lowest BCUT2D eigenvalue weighted by Gasteiger charge is -2.16. The van der Waals surface area contributed by atoms with Crippen molar-refractivity contribution in [3.8, 4) is 16.9 Å². The van der Waals surface area contributed by atoms with Crippen LogP contribution in [-0.2, 0) is 13.0 Å². The number of hydrogen-bond acceptors (Lipinski definition) is 6. The number of halogens is 1. The summed E-state index contributed by atoms with van der Waals surface area (Å²) in [6.07, 6.45) is 0.266. The van der Waals surface area contributed by atoms with Crippen molar-refractivity contribution < 1.29 is 24.4 Å². The Hall–Kier alpha value is -2.84. The predicted octanol–water partition coefficient (Wildman–Crippen LogP) is 2.31. The van der Waals surface area contributed by atoms with Gasteiger partial charge >= 0.3 is 0 Å². The second kappa shape index (κ2) is 9.58. The Balaban J connectivity index is 1.89. The number of pyridine rings is 1. The number of ether oxygens (including phenoxy) is 1.